The molecule has 2 aromatic rings. The first-order chi connectivity index (χ1) is 11.4. The molecule has 0 saturated carbocycles. The Kier molecular flexibility index (Phi) is 3.98. The Labute approximate surface area is 136 Å². The van der Waals surface area contributed by atoms with E-state index in [1.54, 1.807) is 4.90 Å². The topological polar surface area (TPSA) is 108 Å². The highest BCUT2D eigenvalue weighted by Crippen LogP contribution is 2.22. The number of carbonyl (C=O) groups is 1. The monoisotopic (exact) mass is 330 g/mol. The van der Waals surface area contributed by atoms with E-state index in [1.807, 2.05) is 0 Å². The van der Waals surface area contributed by atoms with Gasteiger partial charge in [0.1, 0.15) is 17.5 Å². The summed E-state index contributed by atoms with van der Waals surface area (Å²) in [6.45, 7) is 0.778. The predicted octanol–water partition coefficient (Wildman–Crippen LogP) is 0.592. The quantitative estimate of drug-likeness (QED) is 0.600. The molecular weight excluding hydrogens is 316 g/mol. The highest BCUT2D eigenvalue weighted by atomic mass is 16.6. The third kappa shape index (κ3) is 3.09. The summed E-state index contributed by atoms with van der Waals surface area (Å²) in [4.78, 5) is 35.2. The van der Waals surface area contributed by atoms with Gasteiger partial charge in [0.05, 0.1) is 18.0 Å². The molecule has 0 bridgehead atoms. The molecule has 1 aliphatic heterocycles. The maximum atomic E-state index is 12.2. The maximum absolute atomic E-state index is 12.2. The minimum atomic E-state index is -0.478. The lowest BCUT2D eigenvalue weighted by Gasteiger charge is -2.38. The van der Waals surface area contributed by atoms with Gasteiger partial charge >= 0.3 is 0 Å². The van der Waals surface area contributed by atoms with E-state index in [1.165, 1.54) is 43.4 Å². The van der Waals surface area contributed by atoms with Gasteiger partial charge in [-0.2, -0.15) is 5.10 Å². The molecule has 24 heavy (non-hydrogen) atoms. The fraction of sp³-hybridized carbons (Fsp3) is 0.267. The van der Waals surface area contributed by atoms with Gasteiger partial charge in [-0.1, -0.05) is 0 Å². The second-order valence-corrected chi connectivity index (χ2v) is 5.38. The van der Waals surface area contributed by atoms with E-state index in [-0.39, 0.29) is 29.0 Å². The molecule has 2 heterocycles. The third-order valence-electron chi connectivity index (χ3n) is 3.67. The van der Waals surface area contributed by atoms with Gasteiger partial charge in [0.25, 0.3) is 17.2 Å². The van der Waals surface area contributed by atoms with Crippen molar-refractivity contribution in [1.82, 2.24) is 14.7 Å². The lowest BCUT2D eigenvalue weighted by Crippen LogP contribution is -2.56. The lowest BCUT2D eigenvalue weighted by molar-refractivity contribution is -0.384. The zero-order valence-electron chi connectivity index (χ0n) is 12.8. The van der Waals surface area contributed by atoms with Crippen LogP contribution in [0.15, 0.2) is 41.2 Å². The summed E-state index contributed by atoms with van der Waals surface area (Å²) < 4.78 is 6.76. The smallest absolute Gasteiger partial charge is 0.274 e. The Morgan fingerprint density at radius 3 is 2.50 bits per heavy atom. The van der Waals surface area contributed by atoms with Crippen molar-refractivity contribution in [2.45, 2.75) is 6.10 Å². The molecule has 1 aromatic carbocycles. The van der Waals surface area contributed by atoms with Crippen LogP contribution in [0.5, 0.6) is 5.75 Å². The molecule has 3 rings (SSSR count). The summed E-state index contributed by atoms with van der Waals surface area (Å²) in [5, 5.41) is 14.5. The number of amides is 1. The largest absolute Gasteiger partial charge is 0.487 e. The third-order valence-corrected chi connectivity index (χ3v) is 3.67. The van der Waals surface area contributed by atoms with Crippen LogP contribution in [0.1, 0.15) is 10.5 Å². The zero-order chi connectivity index (χ0) is 17.3. The molecule has 1 saturated heterocycles. The lowest BCUT2D eigenvalue weighted by atomic mass is 10.1. The van der Waals surface area contributed by atoms with Crippen LogP contribution in [-0.2, 0) is 7.05 Å². The van der Waals surface area contributed by atoms with Crippen LogP contribution in [-0.4, -0.2) is 44.7 Å². The van der Waals surface area contributed by atoms with Gasteiger partial charge in [-0.05, 0) is 18.2 Å². The highest BCUT2D eigenvalue weighted by molar-refractivity contribution is 5.92. The van der Waals surface area contributed by atoms with E-state index in [2.05, 4.69) is 5.10 Å². The van der Waals surface area contributed by atoms with Crippen molar-refractivity contribution in [3.63, 3.8) is 0 Å². The normalized spacial score (nSPS) is 14.1. The van der Waals surface area contributed by atoms with Crippen LogP contribution in [0.25, 0.3) is 0 Å². The van der Waals surface area contributed by atoms with Crippen LogP contribution in [0.3, 0.4) is 0 Å². The van der Waals surface area contributed by atoms with Crippen LogP contribution >= 0.6 is 0 Å². The summed E-state index contributed by atoms with van der Waals surface area (Å²) in [6, 6.07) is 8.48. The van der Waals surface area contributed by atoms with Gasteiger partial charge in [0.2, 0.25) is 0 Å². The van der Waals surface area contributed by atoms with Crippen LogP contribution < -0.4 is 10.3 Å². The van der Waals surface area contributed by atoms with E-state index in [4.69, 9.17) is 4.74 Å². The number of carbonyl (C=O) groups excluding carboxylic acids is 1. The Morgan fingerprint density at radius 1 is 1.25 bits per heavy atom. The van der Waals surface area contributed by atoms with Crippen molar-refractivity contribution in [1.29, 1.82) is 0 Å². The first-order valence-corrected chi connectivity index (χ1v) is 7.19. The van der Waals surface area contributed by atoms with Crippen molar-refractivity contribution < 1.29 is 14.5 Å². The molecule has 1 fully saturated rings. The van der Waals surface area contributed by atoms with Crippen LogP contribution in [0.4, 0.5) is 5.69 Å². The summed E-state index contributed by atoms with van der Waals surface area (Å²) in [5.41, 5.74) is -0.0889. The number of non-ortho nitro benzene ring substituents is 1. The SMILES string of the molecule is Cn1nc(C(=O)N2CC(Oc3ccc([N+](=O)[O-])cc3)C2)ccc1=O. The molecular formula is C15H14N4O5. The minimum Gasteiger partial charge on any atom is -0.487 e. The van der Waals surface area contributed by atoms with Crippen molar-refractivity contribution in [3.05, 3.63) is 62.6 Å². The molecule has 9 nitrogen and oxygen atoms in total. The Bertz CT molecular complexity index is 840. The predicted molar refractivity (Wildman–Crippen MR) is 82.9 cm³/mol. The van der Waals surface area contributed by atoms with Gasteiger partial charge in [-0.15, -0.1) is 0 Å². The molecule has 9 heteroatoms. The Morgan fingerprint density at radius 2 is 1.92 bits per heavy atom. The highest BCUT2D eigenvalue weighted by Gasteiger charge is 2.33. The van der Waals surface area contributed by atoms with Crippen LogP contribution in [0, 0.1) is 10.1 Å². The second-order valence-electron chi connectivity index (χ2n) is 5.38. The summed E-state index contributed by atoms with van der Waals surface area (Å²) >= 11 is 0. The molecule has 0 unspecified atom stereocenters. The van der Waals surface area contributed by atoms with E-state index in [0.717, 1.165) is 4.68 Å². The van der Waals surface area contributed by atoms with Crippen LogP contribution in [0.2, 0.25) is 0 Å². The first-order valence-electron chi connectivity index (χ1n) is 7.19. The number of aryl methyl sites for hydroxylation is 1. The van der Waals surface area contributed by atoms with Gasteiger partial charge in [-0.3, -0.25) is 19.7 Å². The molecule has 0 atom stereocenters. The second kappa shape index (κ2) is 6.11. The molecule has 1 amide bonds. The average Bonchev–Trinajstić information content (AvgIpc) is 2.53. The number of aromatic nitrogens is 2. The molecule has 0 aliphatic carbocycles. The molecule has 1 aromatic heterocycles. The minimum absolute atomic E-state index is 0.00599. The molecule has 0 N–H and O–H groups in total. The number of nitro groups is 1. The zero-order valence-corrected chi connectivity index (χ0v) is 12.8. The first kappa shape index (κ1) is 15.7. The number of nitro benzene ring substituents is 1. The number of hydrogen-bond acceptors (Lipinski definition) is 6. The van der Waals surface area contributed by atoms with E-state index >= 15 is 0 Å². The number of nitrogens with zero attached hydrogens (tertiary/aromatic N) is 4. The number of benzene rings is 1. The number of rotatable bonds is 4. The summed E-state index contributed by atoms with van der Waals surface area (Å²) in [5.74, 6) is 0.243. The van der Waals surface area contributed by atoms with E-state index < -0.39 is 4.92 Å². The maximum Gasteiger partial charge on any atom is 0.274 e. The Hall–Kier alpha value is -3.23. The molecule has 124 valence electrons. The average molecular weight is 330 g/mol. The van der Waals surface area contributed by atoms with Crippen molar-refractivity contribution in [3.8, 4) is 5.75 Å². The number of hydrogen-bond donors (Lipinski definition) is 0. The van der Waals surface area contributed by atoms with Crippen molar-refractivity contribution >= 4 is 11.6 Å². The van der Waals surface area contributed by atoms with E-state index in [0.29, 0.717) is 18.8 Å². The van der Waals surface area contributed by atoms with E-state index in [9.17, 15) is 19.7 Å². The number of ether oxygens (including phenoxy) is 1. The standard InChI is InChI=1S/C15H14N4O5/c1-17-14(20)7-6-13(16-17)15(21)18-8-12(9-18)24-11-4-2-10(3-5-11)19(22)23/h2-7,12H,8-9H2,1H3. The molecule has 1 aliphatic rings. The van der Waals surface area contributed by atoms with Crippen molar-refractivity contribution in [2.24, 2.45) is 7.05 Å². The van der Waals surface area contributed by atoms with Gasteiger partial charge in [-0.25, -0.2) is 4.68 Å². The van der Waals surface area contributed by atoms with Gasteiger partial charge in [0.15, 0.2) is 0 Å². The summed E-state index contributed by atoms with van der Waals surface area (Å²) in [7, 11) is 1.48. The van der Waals surface area contributed by atoms with Gasteiger partial charge in [0, 0.05) is 25.2 Å². The molecule has 0 radical (unpaired) electrons. The Balaban J connectivity index is 1.56. The summed E-state index contributed by atoms with van der Waals surface area (Å²) in [6.07, 6.45) is -0.178. The molecule has 0 spiro atoms. The fourth-order valence-electron chi connectivity index (χ4n) is 2.30. The van der Waals surface area contributed by atoms with Gasteiger partial charge < -0.3 is 9.64 Å². The van der Waals surface area contributed by atoms with Crippen molar-refractivity contribution in [2.75, 3.05) is 13.1 Å². The number of likely N-dealkylation sites (tertiary alicyclic amines) is 1. The fourth-order valence-corrected chi connectivity index (χ4v) is 2.30.